The molecule has 1 aliphatic carbocycles. The van der Waals surface area contributed by atoms with Gasteiger partial charge in [0.25, 0.3) is 0 Å². The van der Waals surface area contributed by atoms with Crippen LogP contribution in [0, 0.1) is 0 Å². The van der Waals surface area contributed by atoms with E-state index in [2.05, 4.69) is 15.4 Å². The third-order valence-electron chi connectivity index (χ3n) is 3.57. The number of nitrogens with zero attached hydrogens (tertiary/aromatic N) is 3. The zero-order valence-electron chi connectivity index (χ0n) is 13.2. The number of allylic oxidation sites excluding steroid dienone is 2. The Morgan fingerprint density at radius 1 is 1.35 bits per heavy atom. The van der Waals surface area contributed by atoms with Gasteiger partial charge in [0, 0.05) is 0 Å². The Labute approximate surface area is 150 Å². The van der Waals surface area contributed by atoms with Crippen LogP contribution in [-0.2, 0) is 18.0 Å². The Hall–Kier alpha value is -2.26. The van der Waals surface area contributed by atoms with Crippen LogP contribution in [0.15, 0.2) is 35.6 Å². The molecule has 0 saturated carbocycles. The molecule has 0 atom stereocenters. The molecule has 0 aromatic carbocycles. The number of halogens is 5. The molecule has 1 N–H and O–H groups in total. The summed E-state index contributed by atoms with van der Waals surface area (Å²) < 4.78 is 67.3. The molecule has 2 aromatic rings. The van der Waals surface area contributed by atoms with Crippen LogP contribution in [0.1, 0.15) is 18.5 Å². The molecular weight excluding hydrogens is 426 g/mol. The molecule has 0 spiro atoms. The van der Waals surface area contributed by atoms with Crippen molar-refractivity contribution in [2.75, 3.05) is 5.32 Å². The molecule has 0 radical (unpaired) electrons. The average Bonchev–Trinajstić information content (AvgIpc) is 3.13. The van der Waals surface area contributed by atoms with Gasteiger partial charge in [-0.2, -0.15) is 0 Å². The van der Waals surface area contributed by atoms with Gasteiger partial charge in [-0.05, 0) is 0 Å². The Balaban J connectivity index is 1.82. The number of carbonyl (C=O) groups is 1. The van der Waals surface area contributed by atoms with Gasteiger partial charge in [0.05, 0.1) is 0 Å². The van der Waals surface area contributed by atoms with Crippen molar-refractivity contribution in [3.63, 3.8) is 0 Å². The van der Waals surface area contributed by atoms with Crippen LogP contribution in [-0.4, -0.2) is 35.2 Å². The molecule has 3 rings (SSSR count). The third-order valence-corrected chi connectivity index (χ3v) is 5.54. The quantitative estimate of drug-likeness (QED) is 0.592. The van der Waals surface area contributed by atoms with Crippen LogP contribution >= 0.6 is 0 Å². The fraction of sp³-hybridized carbons (Fsp3) is 0.267. The third kappa shape index (κ3) is 3.63. The van der Waals surface area contributed by atoms with Crippen molar-refractivity contribution in [3.05, 3.63) is 41.3 Å². The molecule has 0 fully saturated rings. The van der Waals surface area contributed by atoms with Crippen LogP contribution in [0.25, 0.3) is 10.1 Å². The van der Waals surface area contributed by atoms with E-state index in [-0.39, 0.29) is 23.2 Å². The topological polar surface area (TPSA) is 59.8 Å². The minimum absolute atomic E-state index is 0.0630. The second-order valence-corrected chi connectivity index (χ2v) is 7.55. The first-order chi connectivity index (χ1) is 12.2. The maximum absolute atomic E-state index is 13.7. The van der Waals surface area contributed by atoms with Crippen molar-refractivity contribution in [2.45, 2.75) is 19.0 Å². The van der Waals surface area contributed by atoms with Gasteiger partial charge in [0.2, 0.25) is 0 Å². The molecule has 5 nitrogen and oxygen atoms in total. The van der Waals surface area contributed by atoms with Crippen molar-refractivity contribution in [2.24, 2.45) is 7.05 Å². The second-order valence-electron chi connectivity index (χ2n) is 5.39. The first-order valence-corrected chi connectivity index (χ1v) is 9.01. The van der Waals surface area contributed by atoms with Crippen molar-refractivity contribution < 1.29 is 26.7 Å². The number of aromatic nitrogens is 3. The summed E-state index contributed by atoms with van der Waals surface area (Å²) in [6, 6.07) is 0.888. The summed E-state index contributed by atoms with van der Waals surface area (Å²) in [6.07, 6.45) is -2.03. The molecule has 11 heteroatoms. The summed E-state index contributed by atoms with van der Waals surface area (Å²) in [4.78, 5) is 16.0. The van der Waals surface area contributed by atoms with Gasteiger partial charge in [-0.1, -0.05) is 0 Å². The van der Waals surface area contributed by atoms with E-state index in [0.717, 1.165) is 16.8 Å². The first kappa shape index (κ1) is 18.5. The number of alkyl halides is 3. The number of aryl methyl sites for hydroxylation is 1. The SMILES string of the molecule is Cn1nc(C(F)(F)F)cc1-c1cnc(NC(=O)C2=C(F)CCC=C2F)[se]1. The molecular formula is C15H11F5N4OSe. The first-order valence-electron chi connectivity index (χ1n) is 7.30. The molecule has 1 aliphatic rings. The number of nitrogens with one attached hydrogen (secondary N) is 1. The van der Waals surface area contributed by atoms with Gasteiger partial charge in [0.15, 0.2) is 0 Å². The van der Waals surface area contributed by atoms with E-state index in [0.29, 0.717) is 4.44 Å². The average molecular weight is 437 g/mol. The molecule has 0 unspecified atom stereocenters. The number of rotatable bonds is 3. The van der Waals surface area contributed by atoms with E-state index < -0.39 is 49.5 Å². The molecule has 2 aromatic heterocycles. The van der Waals surface area contributed by atoms with Crippen molar-refractivity contribution in [1.29, 1.82) is 0 Å². The molecule has 0 aliphatic heterocycles. The van der Waals surface area contributed by atoms with Crippen LogP contribution in [0.5, 0.6) is 0 Å². The zero-order valence-corrected chi connectivity index (χ0v) is 14.9. The predicted molar refractivity (Wildman–Crippen MR) is 83.6 cm³/mol. The molecule has 1 amide bonds. The summed E-state index contributed by atoms with van der Waals surface area (Å²) in [5.41, 5.74) is -1.49. The van der Waals surface area contributed by atoms with E-state index in [9.17, 15) is 26.7 Å². The fourth-order valence-corrected chi connectivity index (χ4v) is 4.16. The van der Waals surface area contributed by atoms with Gasteiger partial charge < -0.3 is 0 Å². The van der Waals surface area contributed by atoms with Gasteiger partial charge >= 0.3 is 149 Å². The van der Waals surface area contributed by atoms with E-state index in [4.69, 9.17) is 0 Å². The molecule has 2 heterocycles. The van der Waals surface area contributed by atoms with Crippen molar-refractivity contribution >= 4 is 25.1 Å². The molecule has 138 valence electrons. The van der Waals surface area contributed by atoms with Crippen LogP contribution in [0.4, 0.5) is 26.6 Å². The van der Waals surface area contributed by atoms with Gasteiger partial charge in [-0.3, -0.25) is 0 Å². The number of amides is 1. The van der Waals surface area contributed by atoms with E-state index in [1.54, 1.807) is 0 Å². The number of hydrogen-bond acceptors (Lipinski definition) is 3. The summed E-state index contributed by atoms with van der Waals surface area (Å²) in [7, 11) is 1.36. The molecule has 26 heavy (non-hydrogen) atoms. The van der Waals surface area contributed by atoms with Gasteiger partial charge in [-0.15, -0.1) is 0 Å². The summed E-state index contributed by atoms with van der Waals surface area (Å²) in [5, 5.41) is 5.74. The van der Waals surface area contributed by atoms with E-state index in [1.165, 1.54) is 13.2 Å². The standard InChI is InChI=1S/C15H11F5N4OSe/c1-24-9(5-11(23-24)15(18,19)20)10-6-21-14(26-10)22-13(25)12-7(16)3-2-4-8(12)17/h3,5-6H,2,4H2,1H3,(H,21,22,25). The van der Waals surface area contributed by atoms with Gasteiger partial charge in [-0.25, -0.2) is 0 Å². The molecule has 0 bridgehead atoms. The predicted octanol–water partition coefficient (Wildman–Crippen LogP) is 3.37. The van der Waals surface area contributed by atoms with Crippen molar-refractivity contribution in [1.82, 2.24) is 14.8 Å². The maximum atomic E-state index is 13.7. The second kappa shape index (κ2) is 6.81. The van der Waals surface area contributed by atoms with Crippen LogP contribution in [0.3, 0.4) is 0 Å². The summed E-state index contributed by atoms with van der Waals surface area (Å²) in [6.45, 7) is 0. The zero-order chi connectivity index (χ0) is 19.1. The number of hydrogen-bond donors (Lipinski definition) is 1. The van der Waals surface area contributed by atoms with E-state index >= 15 is 0 Å². The Bertz CT molecular complexity index is 925. The summed E-state index contributed by atoms with van der Waals surface area (Å²) >= 11 is -0.641. The van der Waals surface area contributed by atoms with Gasteiger partial charge in [0.1, 0.15) is 0 Å². The Kier molecular flexibility index (Phi) is 4.85. The minimum atomic E-state index is -4.57. The Morgan fingerprint density at radius 3 is 2.69 bits per heavy atom. The monoisotopic (exact) mass is 438 g/mol. The normalized spacial score (nSPS) is 15.2. The van der Waals surface area contributed by atoms with Crippen molar-refractivity contribution in [3.8, 4) is 10.1 Å². The Morgan fingerprint density at radius 2 is 2.08 bits per heavy atom. The summed E-state index contributed by atoms with van der Waals surface area (Å²) in [5.74, 6) is -2.75. The molecule has 0 saturated heterocycles. The van der Waals surface area contributed by atoms with Crippen LogP contribution < -0.4 is 5.32 Å². The number of anilines is 1. The van der Waals surface area contributed by atoms with Crippen LogP contribution in [0.2, 0.25) is 0 Å². The number of carbonyl (C=O) groups excluding carboxylic acids is 1. The fourth-order valence-electron chi connectivity index (χ4n) is 2.36. The van der Waals surface area contributed by atoms with E-state index in [1.807, 2.05) is 0 Å².